The van der Waals surface area contributed by atoms with Crippen LogP contribution in [0.2, 0.25) is 0 Å². The fourth-order valence-corrected chi connectivity index (χ4v) is 0.453. The first-order chi connectivity index (χ1) is 5.57. The van der Waals surface area contributed by atoms with E-state index in [1.165, 1.54) is 6.92 Å². The Balaban J connectivity index is 3.54. The van der Waals surface area contributed by atoms with Gasteiger partial charge in [-0.1, -0.05) is 0 Å². The quantitative estimate of drug-likeness (QED) is 0.583. The molecule has 0 rings (SSSR count). The second kappa shape index (κ2) is 5.54. The maximum atomic E-state index is 10.6. The normalized spacial score (nSPS) is 11.9. The van der Waals surface area contributed by atoms with Crippen molar-refractivity contribution in [2.45, 2.75) is 20.0 Å². The molecule has 5 heteroatoms. The Hall–Kier alpha value is -1.10. The molecule has 0 aliphatic heterocycles. The highest BCUT2D eigenvalue weighted by atomic mass is 16.6. The molecule has 0 amide bonds. The van der Waals surface area contributed by atoms with Gasteiger partial charge in [0.25, 0.3) is 0 Å². The van der Waals surface area contributed by atoms with E-state index in [0.717, 1.165) is 0 Å². The first-order valence-electron chi connectivity index (χ1n) is 3.58. The summed E-state index contributed by atoms with van der Waals surface area (Å²) in [5, 5.41) is 8.64. The Bertz CT molecular complexity index is 163. The van der Waals surface area contributed by atoms with E-state index in [9.17, 15) is 9.59 Å². The maximum absolute atomic E-state index is 10.6. The average Bonchev–Trinajstić information content (AvgIpc) is 2.00. The summed E-state index contributed by atoms with van der Waals surface area (Å²) in [7, 11) is 0. The van der Waals surface area contributed by atoms with Gasteiger partial charge in [-0.3, -0.25) is 0 Å². The van der Waals surface area contributed by atoms with E-state index in [0.29, 0.717) is 0 Å². The number of hydrogen-bond acceptors (Lipinski definition) is 5. The van der Waals surface area contributed by atoms with Crippen LogP contribution in [0.25, 0.3) is 0 Å². The lowest BCUT2D eigenvalue weighted by Gasteiger charge is -2.05. The smallest absolute Gasteiger partial charge is 0.344 e. The van der Waals surface area contributed by atoms with Crippen molar-refractivity contribution in [2.75, 3.05) is 13.2 Å². The molecule has 0 radical (unpaired) electrons. The molecule has 0 aromatic carbocycles. The molecule has 0 heterocycles. The Morgan fingerprint density at radius 3 is 2.42 bits per heavy atom. The van der Waals surface area contributed by atoms with Gasteiger partial charge in [0.1, 0.15) is 6.10 Å². The minimum absolute atomic E-state index is 0.241. The first-order valence-corrected chi connectivity index (χ1v) is 3.58. The van der Waals surface area contributed by atoms with Gasteiger partial charge in [-0.2, -0.15) is 0 Å². The number of carbonyl (C=O) groups excluding carboxylic acids is 2. The van der Waals surface area contributed by atoms with Crippen molar-refractivity contribution in [3.8, 4) is 0 Å². The van der Waals surface area contributed by atoms with Gasteiger partial charge in [0.2, 0.25) is 0 Å². The first kappa shape index (κ1) is 10.9. The van der Waals surface area contributed by atoms with Crippen LogP contribution < -0.4 is 0 Å². The third kappa shape index (κ3) is 4.68. The number of carbonyl (C=O) groups is 2. The standard InChI is InChI=1S/C7H12O5/c1-3-11-6(9)4-12-7(10)5(2)8/h5,8H,3-4H2,1-2H3. The minimum Gasteiger partial charge on any atom is -0.463 e. The van der Waals surface area contributed by atoms with Crippen LogP contribution in [0.5, 0.6) is 0 Å². The maximum Gasteiger partial charge on any atom is 0.344 e. The summed E-state index contributed by atoms with van der Waals surface area (Å²) in [6.45, 7) is 2.70. The highest BCUT2D eigenvalue weighted by molar-refractivity contribution is 5.78. The lowest BCUT2D eigenvalue weighted by Crippen LogP contribution is -2.23. The SMILES string of the molecule is CCOC(=O)COC(=O)C(C)O. The number of hydrogen-bond donors (Lipinski definition) is 1. The molecule has 1 N–H and O–H groups in total. The van der Waals surface area contributed by atoms with E-state index in [4.69, 9.17) is 5.11 Å². The number of rotatable bonds is 4. The monoisotopic (exact) mass is 176 g/mol. The van der Waals surface area contributed by atoms with Crippen LogP contribution in [0.4, 0.5) is 0 Å². The van der Waals surface area contributed by atoms with Crippen molar-refractivity contribution in [1.82, 2.24) is 0 Å². The Labute approximate surface area is 70.3 Å². The summed E-state index contributed by atoms with van der Waals surface area (Å²) < 4.78 is 8.83. The molecule has 5 nitrogen and oxygen atoms in total. The van der Waals surface area contributed by atoms with Gasteiger partial charge in [-0.05, 0) is 13.8 Å². The predicted molar refractivity (Wildman–Crippen MR) is 39.3 cm³/mol. The summed E-state index contributed by atoms with van der Waals surface area (Å²) in [4.78, 5) is 21.2. The van der Waals surface area contributed by atoms with Crippen molar-refractivity contribution in [2.24, 2.45) is 0 Å². The van der Waals surface area contributed by atoms with E-state index in [1.807, 2.05) is 0 Å². The van der Waals surface area contributed by atoms with Crippen molar-refractivity contribution in [1.29, 1.82) is 0 Å². The molecule has 1 unspecified atom stereocenters. The molecule has 0 aromatic heterocycles. The highest BCUT2D eigenvalue weighted by Crippen LogP contribution is 1.87. The zero-order chi connectivity index (χ0) is 9.56. The average molecular weight is 176 g/mol. The summed E-state index contributed by atoms with van der Waals surface area (Å²) in [5.41, 5.74) is 0. The van der Waals surface area contributed by atoms with Gasteiger partial charge in [-0.15, -0.1) is 0 Å². The van der Waals surface area contributed by atoms with Crippen LogP contribution in [-0.4, -0.2) is 36.4 Å². The van der Waals surface area contributed by atoms with Crippen LogP contribution in [0.15, 0.2) is 0 Å². The topological polar surface area (TPSA) is 72.8 Å². The van der Waals surface area contributed by atoms with E-state index >= 15 is 0 Å². The zero-order valence-electron chi connectivity index (χ0n) is 7.07. The van der Waals surface area contributed by atoms with E-state index in [-0.39, 0.29) is 6.61 Å². The third-order valence-electron chi connectivity index (χ3n) is 0.979. The van der Waals surface area contributed by atoms with Gasteiger partial charge < -0.3 is 14.6 Å². The second-order valence-corrected chi connectivity index (χ2v) is 2.09. The van der Waals surface area contributed by atoms with Crippen molar-refractivity contribution < 1.29 is 24.2 Å². The second-order valence-electron chi connectivity index (χ2n) is 2.09. The molecule has 0 bridgehead atoms. The van der Waals surface area contributed by atoms with Crippen molar-refractivity contribution in [3.05, 3.63) is 0 Å². The number of esters is 2. The van der Waals surface area contributed by atoms with E-state index in [1.54, 1.807) is 6.92 Å². The van der Waals surface area contributed by atoms with Gasteiger partial charge >= 0.3 is 11.9 Å². The van der Waals surface area contributed by atoms with Crippen molar-refractivity contribution >= 4 is 11.9 Å². The zero-order valence-corrected chi connectivity index (χ0v) is 7.07. The summed E-state index contributed by atoms with van der Waals surface area (Å²) in [6.07, 6.45) is -1.21. The van der Waals surface area contributed by atoms with Crippen LogP contribution >= 0.6 is 0 Å². The number of aliphatic hydroxyl groups excluding tert-OH is 1. The predicted octanol–water partition coefficient (Wildman–Crippen LogP) is -0.527. The fourth-order valence-electron chi connectivity index (χ4n) is 0.453. The Morgan fingerprint density at radius 1 is 1.42 bits per heavy atom. The van der Waals surface area contributed by atoms with Crippen LogP contribution in [0.1, 0.15) is 13.8 Å². The van der Waals surface area contributed by atoms with Crippen LogP contribution in [0, 0.1) is 0 Å². The molecule has 70 valence electrons. The number of aliphatic hydroxyl groups is 1. The van der Waals surface area contributed by atoms with Crippen molar-refractivity contribution in [3.63, 3.8) is 0 Å². The third-order valence-corrected chi connectivity index (χ3v) is 0.979. The molecule has 0 fully saturated rings. The lowest BCUT2D eigenvalue weighted by molar-refractivity contribution is -0.163. The summed E-state index contributed by atoms with van der Waals surface area (Å²) >= 11 is 0. The van der Waals surface area contributed by atoms with Crippen LogP contribution in [-0.2, 0) is 19.1 Å². The molecule has 1 atom stereocenters. The van der Waals surface area contributed by atoms with E-state index < -0.39 is 24.6 Å². The molecule has 0 saturated carbocycles. The summed E-state index contributed by atoms with van der Waals surface area (Å²) in [5.74, 6) is -1.45. The lowest BCUT2D eigenvalue weighted by atomic mass is 10.4. The number of ether oxygens (including phenoxy) is 2. The highest BCUT2D eigenvalue weighted by Gasteiger charge is 2.12. The minimum atomic E-state index is -1.21. The largest absolute Gasteiger partial charge is 0.463 e. The molecule has 0 aliphatic rings. The molecule has 0 aliphatic carbocycles. The molecule has 0 aromatic rings. The molecular formula is C7H12O5. The van der Waals surface area contributed by atoms with E-state index in [2.05, 4.69) is 9.47 Å². The van der Waals surface area contributed by atoms with Gasteiger partial charge in [-0.25, -0.2) is 9.59 Å². The van der Waals surface area contributed by atoms with Gasteiger partial charge in [0.05, 0.1) is 6.61 Å². The fraction of sp³-hybridized carbons (Fsp3) is 0.714. The van der Waals surface area contributed by atoms with Crippen LogP contribution in [0.3, 0.4) is 0 Å². The summed E-state index contributed by atoms with van der Waals surface area (Å²) in [6, 6.07) is 0. The van der Waals surface area contributed by atoms with Gasteiger partial charge in [0.15, 0.2) is 6.61 Å². The molecule has 12 heavy (non-hydrogen) atoms. The molecule has 0 spiro atoms. The molecular weight excluding hydrogens is 164 g/mol. The Morgan fingerprint density at radius 2 is 2.00 bits per heavy atom. The van der Waals surface area contributed by atoms with Gasteiger partial charge in [0, 0.05) is 0 Å². The molecule has 0 saturated heterocycles. The Kier molecular flexibility index (Phi) is 5.03.